The Morgan fingerprint density at radius 2 is 2.18 bits per heavy atom. The van der Waals surface area contributed by atoms with E-state index in [9.17, 15) is 14.4 Å². The summed E-state index contributed by atoms with van der Waals surface area (Å²) in [6, 6.07) is 1.98. The largest absolute Gasteiger partial charge is 0.398 e. The number of halogens is 1. The third kappa shape index (κ3) is 2.35. The molecule has 0 spiro atoms. The van der Waals surface area contributed by atoms with E-state index in [1.807, 2.05) is 0 Å². The highest BCUT2D eigenvalue weighted by atomic mass is 79.9. The van der Waals surface area contributed by atoms with E-state index in [0.717, 1.165) is 4.57 Å². The van der Waals surface area contributed by atoms with Crippen molar-refractivity contribution in [2.45, 2.75) is 32.2 Å². The zero-order valence-electron chi connectivity index (χ0n) is 14.4. The molecule has 0 amide bonds. The lowest BCUT2D eigenvalue weighted by Gasteiger charge is -2.24. The molecule has 1 saturated carbocycles. The summed E-state index contributed by atoms with van der Waals surface area (Å²) in [5, 5.41) is 0.0564. The lowest BCUT2D eigenvalue weighted by atomic mass is 9.92. The monoisotopic (exact) mass is 366 g/mol. The molecule has 3 rings (SSSR count). The van der Waals surface area contributed by atoms with Crippen LogP contribution in [0.5, 0.6) is 0 Å². The number of Topliss-reactive ketones (excluding diaryl/α,β-unsaturated/α-hetero) is 2. The summed E-state index contributed by atoms with van der Waals surface area (Å²) in [5.74, 6) is -1.18. The molecule has 1 aromatic heterocycles. The van der Waals surface area contributed by atoms with E-state index in [4.69, 9.17) is 9.85 Å². The van der Waals surface area contributed by atoms with Crippen LogP contribution >= 0.6 is 15.9 Å². The Balaban J connectivity index is 2.36. The third-order valence-corrected chi connectivity index (χ3v) is 4.21. The number of anilines is 1. The second-order valence-corrected chi connectivity index (χ2v) is 6.15. The molecule has 0 saturated heterocycles. The number of nitrogen functional groups attached to an aromatic ring is 1. The van der Waals surface area contributed by atoms with Gasteiger partial charge in [-0.15, -0.1) is 0 Å². The van der Waals surface area contributed by atoms with Crippen LogP contribution in [0.2, 0.25) is 0 Å². The van der Waals surface area contributed by atoms with Gasteiger partial charge in [0.2, 0.25) is 0 Å². The van der Waals surface area contributed by atoms with Crippen LogP contribution in [0.25, 0.3) is 10.9 Å². The first kappa shape index (κ1) is 11.5. The molecule has 0 bridgehead atoms. The molecule has 1 unspecified atom stereocenters. The van der Waals surface area contributed by atoms with Crippen molar-refractivity contribution in [3.8, 4) is 0 Å². The summed E-state index contributed by atoms with van der Waals surface area (Å²) in [4.78, 5) is 40.8. The van der Waals surface area contributed by atoms with Crippen molar-refractivity contribution in [2.75, 3.05) is 5.73 Å². The number of carbonyl (C=O) groups is 2. The maximum atomic E-state index is 13.0. The molecule has 22 heavy (non-hydrogen) atoms. The minimum Gasteiger partial charge on any atom is -0.398 e. The van der Waals surface area contributed by atoms with Gasteiger partial charge in [0.05, 0.1) is 23.4 Å². The Bertz CT molecular complexity index is 968. The highest BCUT2D eigenvalue weighted by molar-refractivity contribution is 9.10. The lowest BCUT2D eigenvalue weighted by Crippen LogP contribution is -2.36. The van der Waals surface area contributed by atoms with Gasteiger partial charge in [-0.3, -0.25) is 19.0 Å². The number of aryl methyl sites for hydroxylation is 1. The van der Waals surface area contributed by atoms with E-state index in [0.29, 0.717) is 4.47 Å². The highest BCUT2D eigenvalue weighted by Gasteiger charge is 2.30. The molecule has 1 heterocycles. The zero-order valence-corrected chi connectivity index (χ0v) is 13.0. The van der Waals surface area contributed by atoms with Crippen LogP contribution in [0.15, 0.2) is 21.4 Å². The maximum Gasteiger partial charge on any atom is 0.264 e. The first-order chi connectivity index (χ1) is 11.6. The van der Waals surface area contributed by atoms with Crippen LogP contribution in [0.3, 0.4) is 0 Å². The van der Waals surface area contributed by atoms with Crippen LogP contribution in [-0.4, -0.2) is 21.1 Å². The summed E-state index contributed by atoms with van der Waals surface area (Å²) in [6.07, 6.45) is -0.132. The Morgan fingerprint density at radius 1 is 1.41 bits per heavy atom. The van der Waals surface area contributed by atoms with E-state index in [-0.39, 0.29) is 41.6 Å². The molecular weight excluding hydrogens is 350 g/mol. The van der Waals surface area contributed by atoms with Crippen molar-refractivity contribution in [1.29, 1.82) is 0 Å². The van der Waals surface area contributed by atoms with Crippen LogP contribution in [0.4, 0.5) is 5.69 Å². The third-order valence-electron chi connectivity index (χ3n) is 3.75. The van der Waals surface area contributed by atoms with Gasteiger partial charge < -0.3 is 5.73 Å². The van der Waals surface area contributed by atoms with Crippen molar-refractivity contribution < 1.29 is 13.7 Å². The molecule has 0 radical (unpaired) electrons. The average molecular weight is 367 g/mol. The van der Waals surface area contributed by atoms with E-state index in [1.54, 1.807) is 0 Å². The SMILES string of the molecule is [2H]C([2H])([2H])c1nc2cc(Br)cc(N)c2c(=O)n1C1CCC(=O)CC1=O. The van der Waals surface area contributed by atoms with Gasteiger partial charge in [0, 0.05) is 20.7 Å². The molecule has 6 nitrogen and oxygen atoms in total. The van der Waals surface area contributed by atoms with Crippen molar-refractivity contribution in [3.05, 3.63) is 32.8 Å². The number of hydrogen-bond acceptors (Lipinski definition) is 5. The highest BCUT2D eigenvalue weighted by Crippen LogP contribution is 2.26. The van der Waals surface area contributed by atoms with Crippen LogP contribution in [0, 0.1) is 6.85 Å². The Labute approximate surface area is 138 Å². The minimum absolute atomic E-state index is 0.0564. The number of rotatable bonds is 1. The van der Waals surface area contributed by atoms with Gasteiger partial charge >= 0.3 is 0 Å². The molecular formula is C15H14BrN3O3. The predicted molar refractivity (Wildman–Crippen MR) is 85.8 cm³/mol. The Kier molecular flexibility index (Phi) is 2.79. The van der Waals surface area contributed by atoms with Gasteiger partial charge in [-0.05, 0) is 25.4 Å². The molecule has 114 valence electrons. The van der Waals surface area contributed by atoms with Crippen molar-refractivity contribution in [2.24, 2.45) is 0 Å². The molecule has 1 aliphatic carbocycles. The number of aromatic nitrogens is 2. The predicted octanol–water partition coefficient (Wildman–Crippen LogP) is 1.91. The van der Waals surface area contributed by atoms with Crippen molar-refractivity contribution >= 4 is 44.1 Å². The summed E-state index contributed by atoms with van der Waals surface area (Å²) < 4.78 is 24.6. The van der Waals surface area contributed by atoms with Crippen molar-refractivity contribution in [3.63, 3.8) is 0 Å². The Morgan fingerprint density at radius 3 is 2.86 bits per heavy atom. The number of ketones is 2. The van der Waals surface area contributed by atoms with Gasteiger partial charge in [-0.1, -0.05) is 15.9 Å². The van der Waals surface area contributed by atoms with Crippen LogP contribution in [-0.2, 0) is 9.59 Å². The molecule has 2 aromatic rings. The molecule has 1 fully saturated rings. The van der Waals surface area contributed by atoms with Crippen LogP contribution < -0.4 is 11.3 Å². The van der Waals surface area contributed by atoms with Gasteiger partial charge in [0.1, 0.15) is 11.6 Å². The number of hydrogen-bond donors (Lipinski definition) is 1. The standard InChI is InChI=1S/C15H14BrN3O3/c1-7-18-11-5-8(16)4-10(17)14(11)15(22)19(7)12-3-2-9(20)6-13(12)21/h4-5,12H,2-3,6,17H2,1H3/i1D3. The average Bonchev–Trinajstić information content (AvgIpc) is 2.46. The second-order valence-electron chi connectivity index (χ2n) is 5.24. The van der Waals surface area contributed by atoms with E-state index < -0.39 is 30.1 Å². The first-order valence-electron chi connectivity index (χ1n) is 8.15. The van der Waals surface area contributed by atoms with Gasteiger partial charge in [-0.2, -0.15) is 0 Å². The second kappa shape index (κ2) is 5.31. The van der Waals surface area contributed by atoms with Gasteiger partial charge in [-0.25, -0.2) is 4.98 Å². The minimum atomic E-state index is -2.70. The molecule has 1 aromatic carbocycles. The fourth-order valence-electron chi connectivity index (χ4n) is 2.74. The molecule has 0 aliphatic heterocycles. The summed E-state index contributed by atoms with van der Waals surface area (Å²) in [5.41, 5.74) is 5.49. The molecule has 7 heteroatoms. The lowest BCUT2D eigenvalue weighted by molar-refractivity contribution is -0.132. The summed E-state index contributed by atoms with van der Waals surface area (Å²) in [6.45, 7) is -2.70. The fraction of sp³-hybridized carbons (Fsp3) is 0.333. The van der Waals surface area contributed by atoms with E-state index in [2.05, 4.69) is 20.9 Å². The van der Waals surface area contributed by atoms with Gasteiger partial charge in [0.25, 0.3) is 5.56 Å². The number of nitrogens with zero attached hydrogens (tertiary/aromatic N) is 2. The number of nitrogens with two attached hydrogens (primary N) is 1. The molecule has 2 N–H and O–H groups in total. The number of benzene rings is 1. The maximum absolute atomic E-state index is 13.0. The quantitative estimate of drug-likeness (QED) is 0.614. The molecule has 1 atom stereocenters. The molecule has 1 aliphatic rings. The number of fused-ring (bicyclic) bond motifs is 1. The smallest absolute Gasteiger partial charge is 0.264 e. The van der Waals surface area contributed by atoms with Gasteiger partial charge in [0.15, 0.2) is 5.78 Å². The summed E-state index contributed by atoms with van der Waals surface area (Å²) in [7, 11) is 0. The summed E-state index contributed by atoms with van der Waals surface area (Å²) >= 11 is 3.23. The Hall–Kier alpha value is -2.02. The van der Waals surface area contributed by atoms with E-state index in [1.165, 1.54) is 12.1 Å². The topological polar surface area (TPSA) is 95.0 Å². The zero-order chi connectivity index (χ0) is 18.5. The van der Waals surface area contributed by atoms with E-state index >= 15 is 0 Å². The fourth-order valence-corrected chi connectivity index (χ4v) is 3.20. The van der Waals surface area contributed by atoms with Crippen molar-refractivity contribution in [1.82, 2.24) is 9.55 Å². The normalized spacial score (nSPS) is 21.5. The van der Waals surface area contributed by atoms with Crippen LogP contribution in [0.1, 0.15) is 35.2 Å². The number of carbonyl (C=O) groups excluding carboxylic acids is 2. The first-order valence-corrected chi connectivity index (χ1v) is 7.45.